The first-order chi connectivity index (χ1) is 14.2. The summed E-state index contributed by atoms with van der Waals surface area (Å²) in [4.78, 5) is 24.2. The topological polar surface area (TPSA) is 83.1 Å². The second-order valence-corrected chi connectivity index (χ2v) is 8.10. The number of rotatable bonds is 10. The maximum Gasteiger partial charge on any atom is 0.324 e. The molecule has 3 aliphatic rings. The number of carbonyl (C=O) groups is 2. The van der Waals surface area contributed by atoms with Crippen LogP contribution >= 0.6 is 0 Å². The molecule has 0 bridgehead atoms. The Labute approximate surface area is 171 Å². The van der Waals surface area contributed by atoms with Crippen LogP contribution in [0.5, 0.6) is 5.75 Å². The second-order valence-electron chi connectivity index (χ2n) is 8.10. The highest BCUT2D eigenvalue weighted by molar-refractivity contribution is 6.01. The lowest BCUT2D eigenvalue weighted by molar-refractivity contribution is -0.118. The van der Waals surface area contributed by atoms with Gasteiger partial charge in [0.25, 0.3) is 0 Å². The van der Waals surface area contributed by atoms with E-state index in [-0.39, 0.29) is 24.6 Å². The predicted octanol–water partition coefficient (Wildman–Crippen LogP) is 2.23. The number of carbonyl (C=O) groups excluding carboxylic acids is 2. The fraction of sp³-hybridized carbons (Fsp3) is 0.619. The van der Waals surface area contributed by atoms with E-state index in [1.165, 1.54) is 17.7 Å². The Morgan fingerprint density at radius 1 is 1.21 bits per heavy atom. The average molecular weight is 402 g/mol. The van der Waals surface area contributed by atoms with Gasteiger partial charge in [-0.15, -0.1) is 0 Å². The zero-order chi connectivity index (χ0) is 20.1. The highest BCUT2D eigenvalue weighted by Crippen LogP contribution is 2.30. The number of hydrogen-bond acceptors (Lipinski definition) is 6. The third kappa shape index (κ3) is 6.08. The number of benzene rings is 1. The zero-order valence-corrected chi connectivity index (χ0v) is 16.8. The molecule has 158 valence electrons. The summed E-state index contributed by atoms with van der Waals surface area (Å²) in [5, 5.41) is 4.48. The molecule has 29 heavy (non-hydrogen) atoms. The van der Waals surface area contributed by atoms with Crippen LogP contribution in [0.4, 0.5) is 10.5 Å². The van der Waals surface area contributed by atoms with Gasteiger partial charge < -0.3 is 19.8 Å². The zero-order valence-electron chi connectivity index (χ0n) is 16.8. The highest BCUT2D eigenvalue weighted by atomic mass is 16.5. The Bertz CT molecular complexity index is 724. The minimum atomic E-state index is -0.300. The van der Waals surface area contributed by atoms with E-state index in [0.29, 0.717) is 13.2 Å². The van der Waals surface area contributed by atoms with Gasteiger partial charge >= 0.3 is 6.03 Å². The normalized spacial score (nSPS) is 22.6. The lowest BCUT2D eigenvalue weighted by Gasteiger charge is -2.33. The van der Waals surface area contributed by atoms with Crippen molar-refractivity contribution in [2.45, 2.75) is 38.2 Å². The number of nitrogens with one attached hydrogen (secondary N) is 2. The number of ether oxygens (including phenoxy) is 2. The molecule has 3 amide bonds. The Morgan fingerprint density at radius 3 is 2.90 bits per heavy atom. The van der Waals surface area contributed by atoms with Crippen molar-refractivity contribution >= 4 is 17.6 Å². The van der Waals surface area contributed by atoms with Crippen molar-refractivity contribution in [3.63, 3.8) is 0 Å². The van der Waals surface area contributed by atoms with Gasteiger partial charge in [-0.1, -0.05) is 6.07 Å². The number of hydrogen-bond donors (Lipinski definition) is 2. The van der Waals surface area contributed by atoms with Gasteiger partial charge in [-0.05, 0) is 50.2 Å². The first-order valence-corrected chi connectivity index (χ1v) is 10.6. The first-order valence-electron chi connectivity index (χ1n) is 10.6. The van der Waals surface area contributed by atoms with Crippen molar-refractivity contribution in [1.82, 2.24) is 15.2 Å². The quantitative estimate of drug-likeness (QED) is 0.461. The summed E-state index contributed by atoms with van der Waals surface area (Å²) in [7, 11) is 0. The van der Waals surface area contributed by atoms with Crippen LogP contribution in [-0.2, 0) is 9.53 Å². The highest BCUT2D eigenvalue weighted by Gasteiger charge is 2.26. The smallest absolute Gasteiger partial charge is 0.324 e. The van der Waals surface area contributed by atoms with Gasteiger partial charge in [-0.25, -0.2) is 9.80 Å². The van der Waals surface area contributed by atoms with Gasteiger partial charge in [-0.3, -0.25) is 10.1 Å². The lowest BCUT2D eigenvalue weighted by atomic mass is 10.1. The largest absolute Gasteiger partial charge is 0.493 e. The predicted molar refractivity (Wildman–Crippen MR) is 109 cm³/mol. The fourth-order valence-electron chi connectivity index (χ4n) is 3.68. The van der Waals surface area contributed by atoms with Gasteiger partial charge in [0.2, 0.25) is 5.91 Å². The number of imide groups is 1. The number of amides is 3. The van der Waals surface area contributed by atoms with E-state index in [1.807, 2.05) is 12.1 Å². The van der Waals surface area contributed by atoms with Crippen LogP contribution in [0, 0.1) is 5.92 Å². The summed E-state index contributed by atoms with van der Waals surface area (Å²) in [5.41, 5.74) is 4.51. The number of piperidine rings is 1. The first kappa shape index (κ1) is 20.0. The molecular formula is C21H30N4O4. The summed E-state index contributed by atoms with van der Waals surface area (Å²) in [6.45, 7) is 3.89. The molecule has 4 rings (SSSR count). The molecule has 1 aliphatic carbocycles. The van der Waals surface area contributed by atoms with Gasteiger partial charge in [0.05, 0.1) is 18.4 Å². The standard InChI is InChI=1S/C21H30N4O4/c26-20-14-24(21(27)22-20)9-3-11-28-19-6-2-10-25(13-19)23-17-4-1-5-18(12-17)29-15-16-7-8-16/h1,4-5,12,16,19,23H,2-3,6-11,13-15H2,(H,22,26,27). The molecule has 1 atom stereocenters. The molecule has 0 spiro atoms. The molecule has 2 saturated heterocycles. The van der Waals surface area contributed by atoms with Crippen LogP contribution in [0.1, 0.15) is 32.1 Å². The summed E-state index contributed by atoms with van der Waals surface area (Å²) < 4.78 is 11.9. The molecule has 8 nitrogen and oxygen atoms in total. The van der Waals surface area contributed by atoms with Crippen LogP contribution in [0.25, 0.3) is 0 Å². The van der Waals surface area contributed by atoms with Crippen LogP contribution < -0.4 is 15.5 Å². The minimum absolute atomic E-state index is 0.156. The Balaban J connectivity index is 1.17. The van der Waals surface area contributed by atoms with Gasteiger partial charge in [0, 0.05) is 32.3 Å². The van der Waals surface area contributed by atoms with Crippen molar-refractivity contribution in [1.29, 1.82) is 0 Å². The Hall–Kier alpha value is -2.32. The molecule has 2 N–H and O–H groups in total. The summed E-state index contributed by atoms with van der Waals surface area (Å²) in [5.74, 6) is 1.43. The van der Waals surface area contributed by atoms with Crippen molar-refractivity contribution in [2.75, 3.05) is 44.8 Å². The van der Waals surface area contributed by atoms with Crippen molar-refractivity contribution < 1.29 is 19.1 Å². The molecule has 8 heteroatoms. The van der Waals surface area contributed by atoms with Gasteiger partial charge in [0.15, 0.2) is 0 Å². The molecular weight excluding hydrogens is 372 g/mol. The van der Waals surface area contributed by atoms with Crippen molar-refractivity contribution in [2.24, 2.45) is 5.92 Å². The molecule has 1 aromatic rings. The minimum Gasteiger partial charge on any atom is -0.493 e. The number of hydrazine groups is 1. The van der Waals surface area contributed by atoms with Crippen LogP contribution in [0.2, 0.25) is 0 Å². The molecule has 2 heterocycles. The average Bonchev–Trinajstić information content (AvgIpc) is 3.48. The Kier molecular flexibility index (Phi) is 6.51. The SMILES string of the molecule is O=C1CN(CCCOC2CCCN(Nc3cccc(OCC4CC4)c3)C2)C(=O)N1. The maximum absolute atomic E-state index is 11.5. The van der Waals surface area contributed by atoms with Gasteiger partial charge in [-0.2, -0.15) is 0 Å². The maximum atomic E-state index is 11.5. The van der Waals surface area contributed by atoms with Crippen molar-refractivity contribution in [3.8, 4) is 5.75 Å². The van der Waals surface area contributed by atoms with E-state index in [1.54, 1.807) is 0 Å². The second kappa shape index (κ2) is 9.45. The number of anilines is 1. The fourth-order valence-corrected chi connectivity index (χ4v) is 3.68. The van der Waals surface area contributed by atoms with E-state index < -0.39 is 0 Å². The third-order valence-electron chi connectivity index (χ3n) is 5.48. The molecule has 3 fully saturated rings. The number of urea groups is 1. The summed E-state index contributed by atoms with van der Waals surface area (Å²) >= 11 is 0. The molecule has 1 saturated carbocycles. The van der Waals surface area contributed by atoms with E-state index in [9.17, 15) is 9.59 Å². The Morgan fingerprint density at radius 2 is 2.10 bits per heavy atom. The van der Waals surface area contributed by atoms with Crippen molar-refractivity contribution in [3.05, 3.63) is 24.3 Å². The summed E-state index contributed by atoms with van der Waals surface area (Å²) in [6, 6.07) is 7.82. The third-order valence-corrected chi connectivity index (χ3v) is 5.48. The monoisotopic (exact) mass is 402 g/mol. The van der Waals surface area contributed by atoms with E-state index in [2.05, 4.69) is 27.9 Å². The molecule has 0 aromatic heterocycles. The van der Waals surface area contributed by atoms with Gasteiger partial charge in [0.1, 0.15) is 12.3 Å². The van der Waals surface area contributed by atoms with E-state index >= 15 is 0 Å². The van der Waals surface area contributed by atoms with E-state index in [4.69, 9.17) is 9.47 Å². The van der Waals surface area contributed by atoms with Crippen LogP contribution in [0.15, 0.2) is 24.3 Å². The summed E-state index contributed by atoms with van der Waals surface area (Å²) in [6.07, 6.45) is 5.57. The molecule has 2 aliphatic heterocycles. The van der Waals surface area contributed by atoms with E-state index in [0.717, 1.165) is 56.3 Å². The molecule has 1 aromatic carbocycles. The molecule has 0 radical (unpaired) electrons. The van der Waals surface area contributed by atoms with Crippen LogP contribution in [-0.4, -0.2) is 67.3 Å². The molecule has 1 unspecified atom stereocenters. The lowest BCUT2D eigenvalue weighted by Crippen LogP contribution is -2.43. The van der Waals surface area contributed by atoms with Crippen LogP contribution in [0.3, 0.4) is 0 Å². The number of nitrogens with zero attached hydrogens (tertiary/aromatic N) is 2.